The Morgan fingerprint density at radius 1 is 1.40 bits per heavy atom. The number of rotatable bonds is 3. The highest BCUT2D eigenvalue weighted by molar-refractivity contribution is 5.51. The molecule has 1 aliphatic carbocycles. The monoisotopic (exact) mass is 141 g/mol. The minimum absolute atomic E-state index is 0.196. The van der Waals surface area contributed by atoms with Crippen molar-refractivity contribution in [1.29, 1.82) is 0 Å². The van der Waals surface area contributed by atoms with Gasteiger partial charge in [-0.3, -0.25) is 0 Å². The molecule has 1 rings (SSSR count). The third kappa shape index (κ3) is 1.37. The van der Waals surface area contributed by atoms with Crippen molar-refractivity contribution in [3.63, 3.8) is 0 Å². The van der Waals surface area contributed by atoms with Crippen LogP contribution in [0.15, 0.2) is 0 Å². The van der Waals surface area contributed by atoms with E-state index >= 15 is 0 Å². The van der Waals surface area contributed by atoms with E-state index in [0.717, 1.165) is 19.1 Å². The summed E-state index contributed by atoms with van der Waals surface area (Å²) >= 11 is 0. The Morgan fingerprint density at radius 3 is 2.40 bits per heavy atom. The molecular formula is C8H15NO. The minimum atomic E-state index is 0.196. The number of carbonyl (C=O) groups excluding carboxylic acids is 1. The van der Waals surface area contributed by atoms with E-state index in [1.165, 1.54) is 12.8 Å². The van der Waals surface area contributed by atoms with Gasteiger partial charge in [0.15, 0.2) is 0 Å². The third-order valence-corrected chi connectivity index (χ3v) is 2.61. The molecule has 2 heteroatoms. The average Bonchev–Trinajstić information content (AvgIpc) is 2.39. The van der Waals surface area contributed by atoms with Gasteiger partial charge in [-0.1, -0.05) is 12.8 Å². The molecule has 1 saturated carbocycles. The molecule has 0 heterocycles. The van der Waals surface area contributed by atoms with Crippen molar-refractivity contribution in [1.82, 2.24) is 0 Å². The Kier molecular flexibility index (Phi) is 2.44. The Balaban J connectivity index is 2.48. The van der Waals surface area contributed by atoms with Gasteiger partial charge in [0.05, 0.1) is 0 Å². The van der Waals surface area contributed by atoms with Crippen molar-refractivity contribution in [2.75, 3.05) is 6.54 Å². The van der Waals surface area contributed by atoms with Crippen LogP contribution in [0.2, 0.25) is 0 Å². The van der Waals surface area contributed by atoms with Crippen LogP contribution in [-0.2, 0) is 4.79 Å². The highest BCUT2D eigenvalue weighted by atomic mass is 16.1. The van der Waals surface area contributed by atoms with Crippen molar-refractivity contribution in [3.05, 3.63) is 0 Å². The summed E-state index contributed by atoms with van der Waals surface area (Å²) in [5.41, 5.74) is 5.79. The van der Waals surface area contributed by atoms with E-state index in [4.69, 9.17) is 5.73 Å². The summed E-state index contributed by atoms with van der Waals surface area (Å²) in [4.78, 5) is 10.3. The van der Waals surface area contributed by atoms with Gasteiger partial charge in [0, 0.05) is 6.42 Å². The Bertz CT molecular complexity index is 116. The van der Waals surface area contributed by atoms with E-state index in [-0.39, 0.29) is 5.41 Å². The van der Waals surface area contributed by atoms with Crippen molar-refractivity contribution in [3.8, 4) is 0 Å². The zero-order chi connectivity index (χ0) is 7.45. The molecule has 0 aromatic heterocycles. The van der Waals surface area contributed by atoms with Crippen LogP contribution in [0.4, 0.5) is 0 Å². The summed E-state index contributed by atoms with van der Waals surface area (Å²) in [6.45, 7) is 0.686. The van der Waals surface area contributed by atoms with Crippen LogP contribution < -0.4 is 5.73 Å². The first-order valence-corrected chi connectivity index (χ1v) is 3.97. The minimum Gasteiger partial charge on any atom is -0.330 e. The fraction of sp³-hybridized carbons (Fsp3) is 0.875. The second-order valence-electron chi connectivity index (χ2n) is 3.28. The number of aldehydes is 1. The molecule has 0 bridgehead atoms. The van der Waals surface area contributed by atoms with Gasteiger partial charge in [0.2, 0.25) is 0 Å². The molecule has 0 aliphatic heterocycles. The molecule has 0 radical (unpaired) electrons. The molecule has 10 heavy (non-hydrogen) atoms. The highest BCUT2D eigenvalue weighted by Crippen LogP contribution is 2.39. The van der Waals surface area contributed by atoms with Crippen LogP contribution in [0.1, 0.15) is 32.1 Å². The van der Waals surface area contributed by atoms with E-state index in [2.05, 4.69) is 0 Å². The Labute approximate surface area is 61.8 Å². The predicted molar refractivity (Wildman–Crippen MR) is 40.6 cm³/mol. The van der Waals surface area contributed by atoms with E-state index in [1.807, 2.05) is 0 Å². The van der Waals surface area contributed by atoms with Gasteiger partial charge < -0.3 is 10.5 Å². The van der Waals surface area contributed by atoms with Crippen molar-refractivity contribution >= 4 is 6.29 Å². The lowest BCUT2D eigenvalue weighted by Gasteiger charge is -2.23. The molecule has 0 spiro atoms. The van der Waals surface area contributed by atoms with Crippen LogP contribution >= 0.6 is 0 Å². The van der Waals surface area contributed by atoms with Crippen LogP contribution in [0, 0.1) is 5.41 Å². The summed E-state index contributed by atoms with van der Waals surface area (Å²) in [6.07, 6.45) is 6.50. The summed E-state index contributed by atoms with van der Waals surface area (Å²) < 4.78 is 0. The lowest BCUT2D eigenvalue weighted by Crippen LogP contribution is -2.27. The zero-order valence-corrected chi connectivity index (χ0v) is 6.31. The number of nitrogens with two attached hydrogens (primary N) is 1. The molecular weight excluding hydrogens is 126 g/mol. The average molecular weight is 141 g/mol. The third-order valence-electron chi connectivity index (χ3n) is 2.61. The van der Waals surface area contributed by atoms with Gasteiger partial charge in [0.1, 0.15) is 6.29 Å². The number of hydrogen-bond acceptors (Lipinski definition) is 2. The molecule has 0 atom stereocenters. The molecule has 2 nitrogen and oxygen atoms in total. The molecule has 0 saturated heterocycles. The highest BCUT2D eigenvalue weighted by Gasteiger charge is 2.31. The number of hydrogen-bond donors (Lipinski definition) is 1. The molecule has 0 aromatic rings. The SMILES string of the molecule is NCC1(CC=O)CCCC1. The van der Waals surface area contributed by atoms with Crippen molar-refractivity contribution < 1.29 is 4.79 Å². The van der Waals surface area contributed by atoms with Crippen molar-refractivity contribution in [2.24, 2.45) is 11.1 Å². The summed E-state index contributed by atoms with van der Waals surface area (Å²) in [5.74, 6) is 0. The van der Waals surface area contributed by atoms with Gasteiger partial charge in [0.25, 0.3) is 0 Å². The quantitative estimate of drug-likeness (QED) is 0.598. The molecule has 0 unspecified atom stereocenters. The largest absolute Gasteiger partial charge is 0.330 e. The Morgan fingerprint density at radius 2 is 2.00 bits per heavy atom. The van der Waals surface area contributed by atoms with E-state index in [1.54, 1.807) is 0 Å². The topological polar surface area (TPSA) is 43.1 Å². The van der Waals surface area contributed by atoms with E-state index in [0.29, 0.717) is 13.0 Å². The standard InChI is InChI=1S/C8H15NO/c9-7-8(5-6-10)3-1-2-4-8/h6H,1-5,7,9H2. The maximum atomic E-state index is 10.3. The normalized spacial score (nSPS) is 22.9. The van der Waals surface area contributed by atoms with Gasteiger partial charge in [-0.15, -0.1) is 0 Å². The fourth-order valence-corrected chi connectivity index (χ4v) is 1.79. The first kappa shape index (κ1) is 7.73. The second-order valence-corrected chi connectivity index (χ2v) is 3.28. The fourth-order valence-electron chi connectivity index (χ4n) is 1.79. The van der Waals surface area contributed by atoms with Crippen molar-refractivity contribution in [2.45, 2.75) is 32.1 Å². The van der Waals surface area contributed by atoms with Crippen LogP contribution in [-0.4, -0.2) is 12.8 Å². The molecule has 58 valence electrons. The van der Waals surface area contributed by atoms with Gasteiger partial charge in [-0.05, 0) is 24.8 Å². The smallest absolute Gasteiger partial charge is 0.120 e. The first-order valence-electron chi connectivity index (χ1n) is 3.97. The van der Waals surface area contributed by atoms with Gasteiger partial charge in [-0.25, -0.2) is 0 Å². The van der Waals surface area contributed by atoms with E-state index in [9.17, 15) is 4.79 Å². The molecule has 1 aliphatic rings. The summed E-state index contributed by atoms with van der Waals surface area (Å²) in [7, 11) is 0. The van der Waals surface area contributed by atoms with Gasteiger partial charge >= 0.3 is 0 Å². The maximum Gasteiger partial charge on any atom is 0.120 e. The van der Waals surface area contributed by atoms with Gasteiger partial charge in [-0.2, -0.15) is 0 Å². The summed E-state index contributed by atoms with van der Waals surface area (Å²) in [5, 5.41) is 0. The van der Waals surface area contributed by atoms with Crippen LogP contribution in [0.25, 0.3) is 0 Å². The van der Waals surface area contributed by atoms with E-state index < -0.39 is 0 Å². The van der Waals surface area contributed by atoms with Crippen LogP contribution in [0.3, 0.4) is 0 Å². The molecule has 0 amide bonds. The lowest BCUT2D eigenvalue weighted by molar-refractivity contribution is -0.109. The zero-order valence-electron chi connectivity index (χ0n) is 6.31. The predicted octanol–water partition coefficient (Wildman–Crippen LogP) is 1.09. The lowest BCUT2D eigenvalue weighted by atomic mass is 9.83. The van der Waals surface area contributed by atoms with Crippen LogP contribution in [0.5, 0.6) is 0 Å². The molecule has 2 N–H and O–H groups in total. The number of carbonyl (C=O) groups is 1. The first-order chi connectivity index (χ1) is 4.83. The molecule has 0 aromatic carbocycles. The molecule has 1 fully saturated rings. The Hall–Kier alpha value is -0.370. The summed E-state index contributed by atoms with van der Waals surface area (Å²) in [6, 6.07) is 0. The second kappa shape index (κ2) is 3.15. The maximum absolute atomic E-state index is 10.3.